The van der Waals surface area contributed by atoms with Gasteiger partial charge in [-0.2, -0.15) is 0 Å². The molecule has 8 heteroatoms. The first-order valence-corrected chi connectivity index (χ1v) is 11.7. The summed E-state index contributed by atoms with van der Waals surface area (Å²) in [7, 11) is 0. The van der Waals surface area contributed by atoms with Gasteiger partial charge in [-0.15, -0.1) is 0 Å². The lowest BCUT2D eigenvalue weighted by atomic mass is 10.2. The Morgan fingerprint density at radius 3 is 2.69 bits per heavy atom. The number of hydrogen-bond acceptors (Lipinski definition) is 5. The van der Waals surface area contributed by atoms with Crippen molar-refractivity contribution in [2.24, 2.45) is 0 Å². The quantitative estimate of drug-likeness (QED) is 0.336. The maximum Gasteiger partial charge on any atom is 0.298 e. The molecule has 0 aliphatic heterocycles. The summed E-state index contributed by atoms with van der Waals surface area (Å²) in [4.78, 5) is 30.6. The van der Waals surface area contributed by atoms with Crippen LogP contribution in [0, 0.1) is 5.82 Å². The molecule has 1 aliphatic carbocycles. The summed E-state index contributed by atoms with van der Waals surface area (Å²) in [6, 6.07) is 13.5. The molecule has 0 unspecified atom stereocenters. The first-order chi connectivity index (χ1) is 15.6. The second-order valence-corrected chi connectivity index (χ2v) is 8.92. The molecule has 6 nitrogen and oxygen atoms in total. The number of rotatable bonds is 6. The lowest BCUT2D eigenvalue weighted by molar-refractivity contribution is -0.118. The smallest absolute Gasteiger partial charge is 0.298 e. The third-order valence-electron chi connectivity index (χ3n) is 5.82. The van der Waals surface area contributed by atoms with E-state index in [9.17, 15) is 14.0 Å². The molecule has 0 atom stereocenters. The van der Waals surface area contributed by atoms with Gasteiger partial charge in [-0.1, -0.05) is 48.9 Å². The number of hydrogen-bond donors (Lipinski definition) is 1. The number of nitrogens with one attached hydrogen (secondary N) is 1. The molecular weight excluding hydrogens is 429 g/mol. The number of para-hydroxylation sites is 1. The Morgan fingerprint density at radius 2 is 1.91 bits per heavy atom. The molecule has 1 fully saturated rings. The van der Waals surface area contributed by atoms with Gasteiger partial charge in [0, 0.05) is 18.0 Å². The summed E-state index contributed by atoms with van der Waals surface area (Å²) in [5, 5.41) is 4.17. The van der Waals surface area contributed by atoms with E-state index < -0.39 is 0 Å². The molecule has 2 aromatic carbocycles. The normalized spacial score (nSPS) is 14.4. The summed E-state index contributed by atoms with van der Waals surface area (Å²) >= 11 is 1.26. The van der Waals surface area contributed by atoms with E-state index in [1.165, 1.54) is 23.9 Å². The van der Waals surface area contributed by atoms with Gasteiger partial charge in [0.05, 0.1) is 5.75 Å². The van der Waals surface area contributed by atoms with Crippen LogP contribution in [0.1, 0.15) is 37.3 Å². The van der Waals surface area contributed by atoms with Gasteiger partial charge in [-0.3, -0.25) is 14.2 Å². The molecule has 1 amide bonds. The van der Waals surface area contributed by atoms with Crippen molar-refractivity contribution >= 4 is 39.7 Å². The number of benzene rings is 2. The maximum absolute atomic E-state index is 13.4. The van der Waals surface area contributed by atoms with E-state index in [0.717, 1.165) is 36.6 Å². The lowest BCUT2D eigenvalue weighted by Crippen LogP contribution is -2.28. The van der Waals surface area contributed by atoms with Crippen LogP contribution in [0.4, 0.5) is 4.39 Å². The standard InChI is InChI=1S/C24H22FN3O3S/c25-16-11-9-15(10-12-16)13-26-20(29)14-32-24-27-21-18-7-3-4-8-19(18)31-22(21)23(30)28(24)17-5-1-2-6-17/h3-4,7-12,17H,1-2,5-6,13-14H2,(H,26,29). The van der Waals surface area contributed by atoms with Crippen molar-refractivity contribution in [3.8, 4) is 0 Å². The highest BCUT2D eigenvalue weighted by Crippen LogP contribution is 2.34. The van der Waals surface area contributed by atoms with Gasteiger partial charge in [0.1, 0.15) is 16.9 Å². The molecule has 2 heterocycles. The van der Waals surface area contributed by atoms with Crippen molar-refractivity contribution in [3.05, 3.63) is 70.3 Å². The van der Waals surface area contributed by atoms with Crippen LogP contribution in [0.15, 0.2) is 62.9 Å². The molecule has 1 saturated carbocycles. The van der Waals surface area contributed by atoms with Crippen LogP contribution in [0.3, 0.4) is 0 Å². The zero-order valence-corrected chi connectivity index (χ0v) is 18.2. The number of furan rings is 1. The number of aromatic nitrogens is 2. The molecule has 1 N–H and O–H groups in total. The van der Waals surface area contributed by atoms with Gasteiger partial charge in [0.25, 0.3) is 5.56 Å². The lowest BCUT2D eigenvalue weighted by Gasteiger charge is -2.17. The van der Waals surface area contributed by atoms with Gasteiger partial charge < -0.3 is 9.73 Å². The second kappa shape index (κ2) is 8.78. The summed E-state index contributed by atoms with van der Waals surface area (Å²) in [5.74, 6) is -0.362. The fourth-order valence-electron chi connectivity index (χ4n) is 4.20. The topological polar surface area (TPSA) is 77.1 Å². The van der Waals surface area contributed by atoms with Gasteiger partial charge >= 0.3 is 0 Å². The molecule has 0 saturated heterocycles. The maximum atomic E-state index is 13.4. The van der Waals surface area contributed by atoms with Crippen molar-refractivity contribution in [1.82, 2.24) is 14.9 Å². The average Bonchev–Trinajstić information content (AvgIpc) is 3.46. The van der Waals surface area contributed by atoms with Crippen LogP contribution in [-0.4, -0.2) is 21.2 Å². The van der Waals surface area contributed by atoms with E-state index in [4.69, 9.17) is 9.40 Å². The first kappa shape index (κ1) is 20.8. The molecule has 0 spiro atoms. The predicted octanol–water partition coefficient (Wildman–Crippen LogP) is 4.81. The fraction of sp³-hybridized carbons (Fsp3) is 0.292. The Hall–Kier alpha value is -3.13. The molecule has 0 bridgehead atoms. The number of fused-ring (bicyclic) bond motifs is 3. The van der Waals surface area contributed by atoms with E-state index >= 15 is 0 Å². The SMILES string of the molecule is O=C(CSc1nc2c(oc3ccccc32)c(=O)n1C1CCCC1)NCc1ccc(F)cc1. The van der Waals surface area contributed by atoms with Crippen LogP contribution in [0.25, 0.3) is 22.1 Å². The predicted molar refractivity (Wildman–Crippen MR) is 122 cm³/mol. The third kappa shape index (κ3) is 4.02. The minimum absolute atomic E-state index is 0.0670. The molecule has 0 radical (unpaired) electrons. The van der Waals surface area contributed by atoms with Crippen molar-refractivity contribution in [2.75, 3.05) is 5.75 Å². The Morgan fingerprint density at radius 1 is 1.16 bits per heavy atom. The van der Waals surface area contributed by atoms with Crippen LogP contribution in [0.2, 0.25) is 0 Å². The molecular formula is C24H22FN3O3S. The van der Waals surface area contributed by atoms with Crippen molar-refractivity contribution < 1.29 is 13.6 Å². The highest BCUT2D eigenvalue weighted by molar-refractivity contribution is 7.99. The van der Waals surface area contributed by atoms with Crippen LogP contribution in [0.5, 0.6) is 0 Å². The van der Waals surface area contributed by atoms with Crippen LogP contribution in [-0.2, 0) is 11.3 Å². The number of amides is 1. The largest absolute Gasteiger partial charge is 0.448 e. The number of carbonyl (C=O) groups is 1. The molecule has 4 aromatic rings. The van der Waals surface area contributed by atoms with Crippen molar-refractivity contribution in [2.45, 2.75) is 43.4 Å². The van der Waals surface area contributed by atoms with Gasteiger partial charge in [-0.05, 0) is 42.7 Å². The zero-order chi connectivity index (χ0) is 22.1. The number of carbonyl (C=O) groups excluding carboxylic acids is 1. The summed E-state index contributed by atoms with van der Waals surface area (Å²) in [6.45, 7) is 0.313. The molecule has 164 valence electrons. The van der Waals surface area contributed by atoms with E-state index in [0.29, 0.717) is 22.8 Å². The highest BCUT2D eigenvalue weighted by atomic mass is 32.2. The molecule has 32 heavy (non-hydrogen) atoms. The third-order valence-corrected chi connectivity index (χ3v) is 6.77. The minimum atomic E-state index is -0.311. The van der Waals surface area contributed by atoms with E-state index in [1.807, 2.05) is 24.3 Å². The fourth-order valence-corrected chi connectivity index (χ4v) is 5.09. The van der Waals surface area contributed by atoms with Gasteiger partial charge in [0.2, 0.25) is 11.5 Å². The van der Waals surface area contributed by atoms with Gasteiger partial charge in [-0.25, -0.2) is 9.37 Å². The zero-order valence-electron chi connectivity index (χ0n) is 17.3. The molecule has 2 aromatic heterocycles. The Bertz CT molecular complexity index is 1340. The summed E-state index contributed by atoms with van der Waals surface area (Å²) in [5.41, 5.74) is 2.06. The van der Waals surface area contributed by atoms with E-state index in [-0.39, 0.29) is 34.7 Å². The first-order valence-electron chi connectivity index (χ1n) is 10.7. The Kier molecular flexibility index (Phi) is 5.70. The van der Waals surface area contributed by atoms with Crippen molar-refractivity contribution in [1.29, 1.82) is 0 Å². The highest BCUT2D eigenvalue weighted by Gasteiger charge is 2.25. The van der Waals surface area contributed by atoms with Crippen molar-refractivity contribution in [3.63, 3.8) is 0 Å². The summed E-state index contributed by atoms with van der Waals surface area (Å²) < 4.78 is 20.6. The monoisotopic (exact) mass is 451 g/mol. The summed E-state index contributed by atoms with van der Waals surface area (Å²) in [6.07, 6.45) is 3.96. The van der Waals surface area contributed by atoms with Gasteiger partial charge in [0.15, 0.2) is 5.16 Å². The Labute approximate surface area is 187 Å². The molecule has 1 aliphatic rings. The number of thioether (sulfide) groups is 1. The van der Waals surface area contributed by atoms with Crippen LogP contribution >= 0.6 is 11.8 Å². The molecule has 5 rings (SSSR count). The van der Waals surface area contributed by atoms with E-state index in [2.05, 4.69) is 5.32 Å². The second-order valence-electron chi connectivity index (χ2n) is 7.98. The minimum Gasteiger partial charge on any atom is -0.448 e. The average molecular weight is 452 g/mol. The number of halogens is 1. The van der Waals surface area contributed by atoms with E-state index in [1.54, 1.807) is 16.7 Å². The van der Waals surface area contributed by atoms with Crippen LogP contribution < -0.4 is 10.9 Å². The number of nitrogens with zero attached hydrogens (tertiary/aromatic N) is 2. The Balaban J connectivity index is 1.41.